The van der Waals surface area contributed by atoms with Gasteiger partial charge in [-0.05, 0) is 47.5 Å². The number of aromatic nitrogens is 2. The SMILES string of the molecule is Cc1nc(C)c(C(=O)O)c(C2CCN(C(=O)OC(C)(C)C)CC2)n1. The molecule has 0 unspecified atom stereocenters. The molecule has 132 valence electrons. The molecule has 1 fully saturated rings. The number of aryl methyl sites for hydroxylation is 2. The van der Waals surface area contributed by atoms with Crippen molar-refractivity contribution in [1.82, 2.24) is 14.9 Å². The zero-order valence-corrected chi connectivity index (χ0v) is 14.9. The third-order valence-electron chi connectivity index (χ3n) is 3.98. The Morgan fingerprint density at radius 3 is 2.25 bits per heavy atom. The zero-order valence-electron chi connectivity index (χ0n) is 14.9. The lowest BCUT2D eigenvalue weighted by atomic mass is 9.90. The summed E-state index contributed by atoms with van der Waals surface area (Å²) >= 11 is 0. The lowest BCUT2D eigenvalue weighted by Crippen LogP contribution is -2.41. The summed E-state index contributed by atoms with van der Waals surface area (Å²) in [6.45, 7) is 10.0. The first-order valence-corrected chi connectivity index (χ1v) is 8.15. The molecule has 0 saturated carbocycles. The van der Waals surface area contributed by atoms with Gasteiger partial charge in [-0.25, -0.2) is 19.6 Å². The van der Waals surface area contributed by atoms with Crippen molar-refractivity contribution < 1.29 is 19.4 Å². The van der Waals surface area contributed by atoms with Crippen LogP contribution >= 0.6 is 0 Å². The number of carboxylic acid groups (broad SMARTS) is 1. The van der Waals surface area contributed by atoms with Crippen molar-refractivity contribution in [3.8, 4) is 0 Å². The number of aromatic carboxylic acids is 1. The summed E-state index contributed by atoms with van der Waals surface area (Å²) < 4.78 is 5.39. The quantitative estimate of drug-likeness (QED) is 0.893. The van der Waals surface area contributed by atoms with E-state index in [9.17, 15) is 14.7 Å². The number of ether oxygens (including phenoxy) is 1. The van der Waals surface area contributed by atoms with Crippen LogP contribution in [0, 0.1) is 13.8 Å². The summed E-state index contributed by atoms with van der Waals surface area (Å²) in [6.07, 6.45) is 1.000. The fourth-order valence-electron chi connectivity index (χ4n) is 2.96. The molecule has 1 saturated heterocycles. The Balaban J connectivity index is 2.13. The van der Waals surface area contributed by atoms with E-state index in [4.69, 9.17) is 4.74 Å². The van der Waals surface area contributed by atoms with E-state index in [-0.39, 0.29) is 17.6 Å². The second-order valence-corrected chi connectivity index (χ2v) is 7.16. The van der Waals surface area contributed by atoms with Crippen LogP contribution in [0.2, 0.25) is 0 Å². The third-order valence-corrected chi connectivity index (χ3v) is 3.98. The maximum absolute atomic E-state index is 12.1. The van der Waals surface area contributed by atoms with Gasteiger partial charge >= 0.3 is 12.1 Å². The van der Waals surface area contributed by atoms with Crippen LogP contribution in [-0.2, 0) is 4.74 Å². The maximum Gasteiger partial charge on any atom is 0.410 e. The van der Waals surface area contributed by atoms with Crippen LogP contribution in [0.5, 0.6) is 0 Å². The van der Waals surface area contributed by atoms with Gasteiger partial charge in [0.05, 0.1) is 11.4 Å². The van der Waals surface area contributed by atoms with E-state index in [2.05, 4.69) is 9.97 Å². The van der Waals surface area contributed by atoms with E-state index in [1.165, 1.54) is 0 Å². The van der Waals surface area contributed by atoms with Crippen molar-refractivity contribution in [1.29, 1.82) is 0 Å². The highest BCUT2D eigenvalue weighted by Gasteiger charge is 2.31. The first kappa shape index (κ1) is 18.2. The minimum atomic E-state index is -1.00. The topological polar surface area (TPSA) is 92.6 Å². The fourth-order valence-corrected chi connectivity index (χ4v) is 2.96. The predicted octanol–water partition coefficient (Wildman–Crippen LogP) is 2.91. The second kappa shape index (κ2) is 6.75. The molecule has 0 atom stereocenters. The molecule has 1 aromatic rings. The molecule has 0 radical (unpaired) electrons. The van der Waals surface area contributed by atoms with Gasteiger partial charge in [-0.3, -0.25) is 0 Å². The van der Waals surface area contributed by atoms with E-state index >= 15 is 0 Å². The molecule has 1 aromatic heterocycles. The summed E-state index contributed by atoms with van der Waals surface area (Å²) in [5.74, 6) is -0.422. The number of carbonyl (C=O) groups excluding carboxylic acids is 1. The molecule has 7 heteroatoms. The van der Waals surface area contributed by atoms with Crippen molar-refractivity contribution in [3.63, 3.8) is 0 Å². The van der Waals surface area contributed by atoms with Gasteiger partial charge in [0.15, 0.2) is 0 Å². The minimum absolute atomic E-state index is 0.00943. The number of carboxylic acids is 1. The van der Waals surface area contributed by atoms with Gasteiger partial charge in [0.25, 0.3) is 0 Å². The van der Waals surface area contributed by atoms with Gasteiger partial charge in [0.2, 0.25) is 0 Å². The molecule has 0 aliphatic carbocycles. The first-order valence-electron chi connectivity index (χ1n) is 8.15. The molecule has 0 spiro atoms. The standard InChI is InChI=1S/C17H25N3O4/c1-10-13(15(21)22)14(19-11(2)18-10)12-6-8-20(9-7-12)16(23)24-17(3,4)5/h12H,6-9H2,1-5H3,(H,21,22). The van der Waals surface area contributed by atoms with Crippen LogP contribution in [0.15, 0.2) is 0 Å². The Labute approximate surface area is 142 Å². The van der Waals surface area contributed by atoms with Gasteiger partial charge in [0, 0.05) is 19.0 Å². The van der Waals surface area contributed by atoms with Crippen LogP contribution in [0.3, 0.4) is 0 Å². The summed E-state index contributed by atoms with van der Waals surface area (Å²) in [4.78, 5) is 33.9. The number of piperidine rings is 1. The van der Waals surface area contributed by atoms with Crippen molar-refractivity contribution in [2.45, 2.75) is 59.0 Å². The molecular formula is C17H25N3O4. The summed E-state index contributed by atoms with van der Waals surface area (Å²) in [5.41, 5.74) is 0.734. The number of hydrogen-bond acceptors (Lipinski definition) is 5. The van der Waals surface area contributed by atoms with Crippen molar-refractivity contribution in [2.75, 3.05) is 13.1 Å². The Bertz CT molecular complexity index is 644. The summed E-state index contributed by atoms with van der Waals surface area (Å²) in [7, 11) is 0. The lowest BCUT2D eigenvalue weighted by Gasteiger charge is -2.33. The highest BCUT2D eigenvalue weighted by molar-refractivity contribution is 5.90. The van der Waals surface area contributed by atoms with Gasteiger partial charge in [0.1, 0.15) is 17.0 Å². The molecule has 24 heavy (non-hydrogen) atoms. The molecule has 2 rings (SSSR count). The Kier molecular flexibility index (Phi) is 5.11. The van der Waals surface area contributed by atoms with Gasteiger partial charge in [-0.2, -0.15) is 0 Å². The molecule has 1 amide bonds. The minimum Gasteiger partial charge on any atom is -0.478 e. The van der Waals surface area contributed by atoms with Crippen molar-refractivity contribution in [2.24, 2.45) is 0 Å². The van der Waals surface area contributed by atoms with Crippen LogP contribution in [0.4, 0.5) is 4.79 Å². The normalized spacial score (nSPS) is 16.1. The highest BCUT2D eigenvalue weighted by Crippen LogP contribution is 2.30. The van der Waals surface area contributed by atoms with Crippen LogP contribution in [0.1, 0.15) is 67.1 Å². The molecule has 7 nitrogen and oxygen atoms in total. The van der Waals surface area contributed by atoms with Gasteiger partial charge in [-0.1, -0.05) is 0 Å². The number of carbonyl (C=O) groups is 2. The third kappa shape index (κ3) is 4.21. The average Bonchev–Trinajstić information content (AvgIpc) is 2.44. The number of likely N-dealkylation sites (tertiary alicyclic amines) is 1. The molecule has 1 N–H and O–H groups in total. The Morgan fingerprint density at radius 1 is 1.17 bits per heavy atom. The predicted molar refractivity (Wildman–Crippen MR) is 88.2 cm³/mol. The lowest BCUT2D eigenvalue weighted by molar-refractivity contribution is 0.0202. The molecule has 1 aliphatic heterocycles. The van der Waals surface area contributed by atoms with Crippen LogP contribution in [-0.4, -0.2) is 50.7 Å². The van der Waals surface area contributed by atoms with Crippen molar-refractivity contribution >= 4 is 12.1 Å². The first-order chi connectivity index (χ1) is 11.1. The van der Waals surface area contributed by atoms with E-state index in [0.717, 1.165) is 0 Å². The number of amides is 1. The maximum atomic E-state index is 12.1. The monoisotopic (exact) mass is 335 g/mol. The Hall–Kier alpha value is -2.18. The van der Waals surface area contributed by atoms with E-state index < -0.39 is 11.6 Å². The summed E-state index contributed by atoms with van der Waals surface area (Å²) in [5, 5.41) is 9.47. The van der Waals surface area contributed by atoms with E-state index in [1.807, 2.05) is 20.8 Å². The highest BCUT2D eigenvalue weighted by atomic mass is 16.6. The second-order valence-electron chi connectivity index (χ2n) is 7.16. The number of hydrogen-bond donors (Lipinski definition) is 1. The molecular weight excluding hydrogens is 310 g/mol. The molecule has 0 aromatic carbocycles. The zero-order chi connectivity index (χ0) is 18.1. The molecule has 0 bridgehead atoms. The van der Waals surface area contributed by atoms with Crippen LogP contribution < -0.4 is 0 Å². The summed E-state index contributed by atoms with van der Waals surface area (Å²) in [6, 6.07) is 0. The fraction of sp³-hybridized carbons (Fsp3) is 0.647. The molecule has 2 heterocycles. The number of rotatable bonds is 2. The largest absolute Gasteiger partial charge is 0.478 e. The van der Waals surface area contributed by atoms with Crippen LogP contribution in [0.25, 0.3) is 0 Å². The Morgan fingerprint density at radius 2 is 1.75 bits per heavy atom. The number of nitrogens with zero attached hydrogens (tertiary/aromatic N) is 3. The van der Waals surface area contributed by atoms with Crippen molar-refractivity contribution in [3.05, 3.63) is 22.8 Å². The smallest absolute Gasteiger partial charge is 0.410 e. The van der Waals surface area contributed by atoms with E-state index in [1.54, 1.807) is 18.7 Å². The average molecular weight is 335 g/mol. The van der Waals surface area contributed by atoms with E-state index in [0.29, 0.717) is 43.1 Å². The van der Waals surface area contributed by atoms with Gasteiger partial charge in [-0.15, -0.1) is 0 Å². The molecule has 1 aliphatic rings. The van der Waals surface area contributed by atoms with Gasteiger partial charge < -0.3 is 14.7 Å².